The molecule has 1 aromatic rings. The van der Waals surface area contributed by atoms with Crippen molar-refractivity contribution in [2.24, 2.45) is 0 Å². The molecule has 2 rings (SSSR count). The Morgan fingerprint density at radius 3 is 2.29 bits per heavy atom. The normalized spacial score (nSPS) is 16.5. The molecular formula is C17H23Cl3N2O2. The molecule has 7 heteroatoms. The van der Waals surface area contributed by atoms with Gasteiger partial charge in [-0.05, 0) is 56.6 Å². The van der Waals surface area contributed by atoms with Crippen LogP contribution in [-0.2, 0) is 4.79 Å². The van der Waals surface area contributed by atoms with Crippen molar-refractivity contribution >= 4 is 46.4 Å². The summed E-state index contributed by atoms with van der Waals surface area (Å²) in [7, 11) is 0. The fourth-order valence-electron chi connectivity index (χ4n) is 2.67. The van der Waals surface area contributed by atoms with Gasteiger partial charge in [0, 0.05) is 12.2 Å². The molecule has 4 nitrogen and oxygen atoms in total. The highest BCUT2D eigenvalue weighted by Crippen LogP contribution is 2.28. The number of rotatable bonds is 6. The minimum Gasteiger partial charge on any atom is -0.494 e. The molecule has 1 heterocycles. The maximum atomic E-state index is 11.6. The molecule has 1 N–H and O–H groups in total. The second kappa shape index (κ2) is 9.71. The lowest BCUT2D eigenvalue weighted by atomic mass is 10.2. The topological polar surface area (TPSA) is 41.6 Å². The van der Waals surface area contributed by atoms with Gasteiger partial charge in [-0.25, -0.2) is 0 Å². The summed E-state index contributed by atoms with van der Waals surface area (Å²) < 4.78 is 3.77. The summed E-state index contributed by atoms with van der Waals surface area (Å²) in [6, 6.07) is 7.02. The highest BCUT2D eigenvalue weighted by Gasteiger charge is 2.30. The molecule has 1 amide bonds. The molecule has 0 aromatic heterocycles. The molecule has 0 unspecified atom stereocenters. The Labute approximate surface area is 158 Å². The van der Waals surface area contributed by atoms with Crippen LogP contribution in [0.4, 0.5) is 5.69 Å². The first kappa shape index (κ1) is 19.6. The highest BCUT2D eigenvalue weighted by molar-refractivity contribution is 6.76. The summed E-state index contributed by atoms with van der Waals surface area (Å²) in [5.41, 5.74) is 0.559. The fraction of sp³-hybridized carbons (Fsp3) is 0.588. The lowest BCUT2D eigenvalue weighted by molar-refractivity contribution is -0.115. The lowest BCUT2D eigenvalue weighted by Crippen LogP contribution is -2.27. The Morgan fingerprint density at radius 2 is 1.71 bits per heavy atom. The van der Waals surface area contributed by atoms with Gasteiger partial charge in [0.05, 0.1) is 6.61 Å². The van der Waals surface area contributed by atoms with E-state index in [0.29, 0.717) is 12.3 Å². The van der Waals surface area contributed by atoms with Crippen molar-refractivity contribution in [2.75, 3.05) is 31.6 Å². The summed E-state index contributed by atoms with van der Waals surface area (Å²) in [5.74, 6) is 0.0800. The van der Waals surface area contributed by atoms with E-state index in [2.05, 4.69) is 10.2 Å². The first-order chi connectivity index (χ1) is 11.4. The predicted octanol–water partition coefficient (Wildman–Crippen LogP) is 4.64. The number of hydrogen-bond donors (Lipinski definition) is 1. The van der Waals surface area contributed by atoms with E-state index in [1.165, 1.54) is 38.8 Å². The van der Waals surface area contributed by atoms with E-state index in [4.69, 9.17) is 39.5 Å². The van der Waals surface area contributed by atoms with E-state index < -0.39 is 9.70 Å². The Morgan fingerprint density at radius 1 is 1.08 bits per heavy atom. The number of alkyl halides is 3. The quantitative estimate of drug-likeness (QED) is 0.565. The molecular weight excluding hydrogens is 371 g/mol. The summed E-state index contributed by atoms with van der Waals surface area (Å²) in [6.45, 7) is 4.17. The molecule has 1 saturated heterocycles. The van der Waals surface area contributed by atoms with E-state index in [1.54, 1.807) is 24.3 Å². The lowest BCUT2D eigenvalue weighted by Gasteiger charge is -2.19. The first-order valence-electron chi connectivity index (χ1n) is 8.28. The molecule has 1 aromatic carbocycles. The van der Waals surface area contributed by atoms with Crippen LogP contribution in [0.15, 0.2) is 24.3 Å². The third-order valence-electron chi connectivity index (χ3n) is 3.96. The average Bonchev–Trinajstić information content (AvgIpc) is 2.81. The zero-order valence-electron chi connectivity index (χ0n) is 13.6. The van der Waals surface area contributed by atoms with E-state index >= 15 is 0 Å². The summed E-state index contributed by atoms with van der Waals surface area (Å²) >= 11 is 16.5. The van der Waals surface area contributed by atoms with Gasteiger partial charge in [0.1, 0.15) is 5.75 Å². The number of anilines is 1. The largest absolute Gasteiger partial charge is 0.494 e. The molecule has 134 valence electrons. The van der Waals surface area contributed by atoms with Crippen molar-refractivity contribution in [3.8, 4) is 5.75 Å². The zero-order chi connectivity index (χ0) is 17.4. The number of carbonyl (C=O) groups excluding carboxylic acids is 1. The van der Waals surface area contributed by atoms with Crippen molar-refractivity contribution in [2.45, 2.75) is 35.9 Å². The average molecular weight is 394 g/mol. The second-order valence-corrected chi connectivity index (χ2v) is 8.22. The third-order valence-corrected chi connectivity index (χ3v) is 4.47. The maximum absolute atomic E-state index is 11.6. The van der Waals surface area contributed by atoms with Crippen LogP contribution in [0.5, 0.6) is 5.75 Å². The van der Waals surface area contributed by atoms with Crippen LogP contribution >= 0.6 is 34.8 Å². The van der Waals surface area contributed by atoms with Crippen LogP contribution < -0.4 is 10.1 Å². The van der Waals surface area contributed by atoms with Gasteiger partial charge in [-0.2, -0.15) is 0 Å². The van der Waals surface area contributed by atoms with E-state index in [9.17, 15) is 4.79 Å². The number of hydrogen-bond acceptors (Lipinski definition) is 3. The van der Waals surface area contributed by atoms with Gasteiger partial charge >= 0.3 is 0 Å². The minimum absolute atomic E-state index is 0.559. The van der Waals surface area contributed by atoms with Crippen molar-refractivity contribution in [3.63, 3.8) is 0 Å². The number of ether oxygens (including phenoxy) is 1. The van der Waals surface area contributed by atoms with E-state index in [0.717, 1.165) is 18.7 Å². The standard InChI is InChI=1S/C17H23Cl3N2O2/c18-17(19,20)16(23)21-14-6-8-15(9-7-14)24-13-5-12-22-10-3-1-2-4-11-22/h6-9H,1-5,10-13H2,(H,21,23). The SMILES string of the molecule is O=C(Nc1ccc(OCCCN2CCCCCC2)cc1)C(Cl)(Cl)Cl. The number of nitrogens with one attached hydrogen (secondary N) is 1. The predicted molar refractivity (Wildman–Crippen MR) is 100 cm³/mol. The van der Waals surface area contributed by atoms with E-state index in [1.807, 2.05) is 0 Å². The van der Waals surface area contributed by atoms with Crippen molar-refractivity contribution in [3.05, 3.63) is 24.3 Å². The number of amides is 1. The summed E-state index contributed by atoms with van der Waals surface area (Å²) in [4.78, 5) is 14.1. The summed E-state index contributed by atoms with van der Waals surface area (Å²) in [5, 5.41) is 2.53. The van der Waals surface area contributed by atoms with Crippen LogP contribution in [0.3, 0.4) is 0 Å². The second-order valence-electron chi connectivity index (χ2n) is 5.93. The van der Waals surface area contributed by atoms with Crippen molar-refractivity contribution < 1.29 is 9.53 Å². The molecule has 1 aliphatic rings. The van der Waals surface area contributed by atoms with Gasteiger partial charge in [-0.1, -0.05) is 47.6 Å². The van der Waals surface area contributed by atoms with Crippen LogP contribution in [0.2, 0.25) is 0 Å². The maximum Gasteiger partial charge on any atom is 0.276 e. The van der Waals surface area contributed by atoms with Gasteiger partial charge in [0.2, 0.25) is 0 Å². The Hall–Kier alpha value is -0.680. The van der Waals surface area contributed by atoms with Crippen LogP contribution in [-0.4, -0.2) is 40.8 Å². The monoisotopic (exact) mass is 392 g/mol. The molecule has 0 bridgehead atoms. The molecule has 0 radical (unpaired) electrons. The van der Waals surface area contributed by atoms with Crippen LogP contribution in [0.25, 0.3) is 0 Å². The number of benzene rings is 1. The fourth-order valence-corrected chi connectivity index (χ4v) is 2.82. The van der Waals surface area contributed by atoms with Crippen LogP contribution in [0, 0.1) is 0 Å². The summed E-state index contributed by atoms with van der Waals surface area (Å²) in [6.07, 6.45) is 6.33. The Kier molecular flexibility index (Phi) is 7.95. The Balaban J connectivity index is 1.69. The van der Waals surface area contributed by atoms with Crippen molar-refractivity contribution in [1.29, 1.82) is 0 Å². The van der Waals surface area contributed by atoms with Crippen molar-refractivity contribution in [1.82, 2.24) is 4.90 Å². The van der Waals surface area contributed by atoms with Gasteiger partial charge in [0.15, 0.2) is 0 Å². The zero-order valence-corrected chi connectivity index (χ0v) is 15.8. The smallest absolute Gasteiger partial charge is 0.276 e. The Bertz CT molecular complexity index is 510. The number of nitrogens with zero attached hydrogens (tertiary/aromatic N) is 1. The minimum atomic E-state index is -1.97. The van der Waals surface area contributed by atoms with Crippen LogP contribution in [0.1, 0.15) is 32.1 Å². The first-order valence-corrected chi connectivity index (χ1v) is 9.42. The third kappa shape index (κ3) is 7.06. The van der Waals surface area contributed by atoms with Gasteiger partial charge < -0.3 is 15.0 Å². The molecule has 0 aliphatic carbocycles. The number of likely N-dealkylation sites (tertiary alicyclic amines) is 1. The highest BCUT2D eigenvalue weighted by atomic mass is 35.6. The molecule has 0 atom stereocenters. The molecule has 1 aliphatic heterocycles. The molecule has 0 spiro atoms. The number of halogens is 3. The van der Waals surface area contributed by atoms with Gasteiger partial charge in [-0.3, -0.25) is 4.79 Å². The molecule has 1 fully saturated rings. The van der Waals surface area contributed by atoms with Gasteiger partial charge in [0.25, 0.3) is 9.70 Å². The molecule has 24 heavy (non-hydrogen) atoms. The van der Waals surface area contributed by atoms with Gasteiger partial charge in [-0.15, -0.1) is 0 Å². The number of carbonyl (C=O) groups is 1. The molecule has 0 saturated carbocycles. The van der Waals surface area contributed by atoms with E-state index in [-0.39, 0.29) is 0 Å².